The first-order chi connectivity index (χ1) is 9.86. The molecule has 0 fully saturated rings. The number of aromatic nitrogens is 2. The molecule has 0 saturated heterocycles. The predicted molar refractivity (Wildman–Crippen MR) is 82.1 cm³/mol. The van der Waals surface area contributed by atoms with Crippen molar-refractivity contribution < 1.29 is 14.1 Å². The molecule has 1 aromatic heterocycles. The Hall–Kier alpha value is -1.40. The van der Waals surface area contributed by atoms with E-state index in [1.165, 1.54) is 0 Å². The molecule has 0 unspecified atom stereocenters. The summed E-state index contributed by atoms with van der Waals surface area (Å²) in [4.78, 5) is 16.2. The van der Waals surface area contributed by atoms with Crippen LogP contribution in [0, 0.1) is 0 Å². The molecule has 0 atom stereocenters. The van der Waals surface area contributed by atoms with E-state index >= 15 is 0 Å². The van der Waals surface area contributed by atoms with Gasteiger partial charge in [0.1, 0.15) is 5.41 Å². The van der Waals surface area contributed by atoms with Crippen molar-refractivity contribution in [1.82, 2.24) is 10.1 Å². The Morgan fingerprint density at radius 1 is 1.48 bits per heavy atom. The van der Waals surface area contributed by atoms with Crippen LogP contribution in [0.25, 0.3) is 11.4 Å². The lowest BCUT2D eigenvalue weighted by Crippen LogP contribution is -2.31. The fraction of sp³-hybridized carbons (Fsp3) is 0.357. The Bertz CT molecular complexity index is 670. The summed E-state index contributed by atoms with van der Waals surface area (Å²) in [6.45, 7) is 5.41. The lowest BCUT2D eigenvalue weighted by Gasteiger charge is -2.16. The first-order valence-corrected chi connectivity index (χ1v) is 7.50. The molecule has 5 nitrogen and oxygen atoms in total. The number of ether oxygens (including phenoxy) is 1. The molecule has 0 aliphatic carbocycles. The van der Waals surface area contributed by atoms with E-state index in [1.54, 1.807) is 39.0 Å². The average Bonchev–Trinajstić information content (AvgIpc) is 2.92. The quantitative estimate of drug-likeness (QED) is 0.758. The second-order valence-corrected chi connectivity index (χ2v) is 6.16. The number of benzene rings is 1. The van der Waals surface area contributed by atoms with Crippen LogP contribution in [0.3, 0.4) is 0 Å². The van der Waals surface area contributed by atoms with Crippen LogP contribution >= 0.6 is 27.5 Å². The lowest BCUT2D eigenvalue weighted by atomic mass is 9.94. The number of hydrogen-bond acceptors (Lipinski definition) is 5. The van der Waals surface area contributed by atoms with Gasteiger partial charge >= 0.3 is 5.97 Å². The zero-order valence-electron chi connectivity index (χ0n) is 11.8. The van der Waals surface area contributed by atoms with Crippen molar-refractivity contribution in [2.24, 2.45) is 0 Å². The summed E-state index contributed by atoms with van der Waals surface area (Å²) in [5.41, 5.74) is -0.258. The second-order valence-electron chi connectivity index (χ2n) is 4.90. The molecule has 0 saturated carbocycles. The van der Waals surface area contributed by atoms with E-state index < -0.39 is 11.4 Å². The van der Waals surface area contributed by atoms with E-state index in [4.69, 9.17) is 20.9 Å². The summed E-state index contributed by atoms with van der Waals surface area (Å²) in [6, 6.07) is 5.29. The van der Waals surface area contributed by atoms with E-state index in [-0.39, 0.29) is 5.89 Å². The molecule has 0 amide bonds. The molecule has 0 bridgehead atoms. The van der Waals surface area contributed by atoms with Gasteiger partial charge in [0.25, 0.3) is 0 Å². The third kappa shape index (κ3) is 3.27. The lowest BCUT2D eigenvalue weighted by molar-refractivity contribution is -0.149. The number of halogens is 2. The number of carbonyl (C=O) groups is 1. The molecule has 1 aromatic carbocycles. The van der Waals surface area contributed by atoms with Crippen molar-refractivity contribution in [1.29, 1.82) is 0 Å². The molecule has 1 heterocycles. The smallest absolute Gasteiger partial charge is 0.321 e. The highest BCUT2D eigenvalue weighted by atomic mass is 79.9. The number of hydrogen-bond donors (Lipinski definition) is 0. The molecule has 2 aromatic rings. The largest absolute Gasteiger partial charge is 0.465 e. The number of rotatable bonds is 4. The van der Waals surface area contributed by atoms with Crippen LogP contribution < -0.4 is 0 Å². The summed E-state index contributed by atoms with van der Waals surface area (Å²) < 4.78 is 11.0. The highest BCUT2D eigenvalue weighted by Crippen LogP contribution is 2.29. The van der Waals surface area contributed by atoms with Gasteiger partial charge in [0.2, 0.25) is 11.7 Å². The molecular weight excluding hydrogens is 360 g/mol. The maximum Gasteiger partial charge on any atom is 0.321 e. The molecule has 2 rings (SSSR count). The molecule has 0 radical (unpaired) electrons. The molecule has 112 valence electrons. The third-order valence-corrected chi connectivity index (χ3v) is 4.14. The predicted octanol–water partition coefficient (Wildman–Crippen LogP) is 3.99. The molecule has 0 aliphatic rings. The SMILES string of the molecule is CCOC(=O)C(C)(C)c1nc(-c2ccc(Cl)c(Br)c2)no1. The van der Waals surface area contributed by atoms with Crippen molar-refractivity contribution in [2.75, 3.05) is 6.61 Å². The minimum atomic E-state index is -0.995. The van der Waals surface area contributed by atoms with E-state index in [0.717, 1.165) is 10.0 Å². The van der Waals surface area contributed by atoms with Gasteiger partial charge in [0.05, 0.1) is 11.6 Å². The van der Waals surface area contributed by atoms with E-state index in [2.05, 4.69) is 26.1 Å². The Morgan fingerprint density at radius 2 is 2.19 bits per heavy atom. The number of carbonyl (C=O) groups excluding carboxylic acids is 1. The Kier molecular flexibility index (Phi) is 4.68. The van der Waals surface area contributed by atoms with Gasteiger partial charge in [-0.2, -0.15) is 4.98 Å². The maximum absolute atomic E-state index is 11.9. The van der Waals surface area contributed by atoms with Crippen molar-refractivity contribution in [2.45, 2.75) is 26.2 Å². The minimum Gasteiger partial charge on any atom is -0.465 e. The topological polar surface area (TPSA) is 65.2 Å². The number of nitrogens with zero attached hydrogens (tertiary/aromatic N) is 2. The molecular formula is C14H14BrClN2O3. The third-order valence-electron chi connectivity index (χ3n) is 2.92. The van der Waals surface area contributed by atoms with E-state index in [1.807, 2.05) is 0 Å². The van der Waals surface area contributed by atoms with Crippen LogP contribution in [0.4, 0.5) is 0 Å². The normalized spacial score (nSPS) is 11.5. The highest BCUT2D eigenvalue weighted by molar-refractivity contribution is 9.10. The van der Waals surface area contributed by atoms with Crippen molar-refractivity contribution >= 4 is 33.5 Å². The summed E-state index contributed by atoms with van der Waals surface area (Å²) in [6.07, 6.45) is 0. The van der Waals surface area contributed by atoms with Crippen LogP contribution in [-0.4, -0.2) is 22.7 Å². The molecule has 7 heteroatoms. The monoisotopic (exact) mass is 372 g/mol. The standard InChI is InChI=1S/C14H14BrClN2O3/c1-4-20-13(19)14(2,3)12-17-11(18-21-12)8-5-6-10(16)9(15)7-8/h5-7H,4H2,1-3H3. The van der Waals surface area contributed by atoms with E-state index in [9.17, 15) is 4.79 Å². The van der Waals surface area contributed by atoms with Crippen molar-refractivity contribution in [3.63, 3.8) is 0 Å². The van der Waals surface area contributed by atoms with Crippen molar-refractivity contribution in [3.8, 4) is 11.4 Å². The van der Waals surface area contributed by atoms with Gasteiger partial charge in [-0.1, -0.05) is 16.8 Å². The zero-order chi connectivity index (χ0) is 15.6. The van der Waals surface area contributed by atoms with Crippen LogP contribution in [0.5, 0.6) is 0 Å². The zero-order valence-corrected chi connectivity index (χ0v) is 14.2. The summed E-state index contributed by atoms with van der Waals surface area (Å²) in [7, 11) is 0. The molecule has 0 N–H and O–H groups in total. The van der Waals surface area contributed by atoms with Gasteiger partial charge in [-0.05, 0) is 54.9 Å². The highest BCUT2D eigenvalue weighted by Gasteiger charge is 2.37. The summed E-state index contributed by atoms with van der Waals surface area (Å²) in [5.74, 6) is 0.194. The van der Waals surface area contributed by atoms with Crippen LogP contribution in [0.2, 0.25) is 5.02 Å². The van der Waals surface area contributed by atoms with Gasteiger partial charge in [0, 0.05) is 10.0 Å². The van der Waals surface area contributed by atoms with E-state index in [0.29, 0.717) is 17.5 Å². The van der Waals surface area contributed by atoms with Crippen LogP contribution in [0.15, 0.2) is 27.2 Å². The Labute approximate surface area is 135 Å². The number of esters is 1. The molecule has 0 spiro atoms. The first-order valence-electron chi connectivity index (χ1n) is 6.33. The Balaban J connectivity index is 2.33. The van der Waals surface area contributed by atoms with Gasteiger partial charge in [-0.25, -0.2) is 0 Å². The maximum atomic E-state index is 11.9. The van der Waals surface area contributed by atoms with Gasteiger partial charge in [0.15, 0.2) is 0 Å². The average molecular weight is 374 g/mol. The van der Waals surface area contributed by atoms with Gasteiger partial charge < -0.3 is 9.26 Å². The minimum absolute atomic E-state index is 0.210. The Morgan fingerprint density at radius 3 is 2.81 bits per heavy atom. The fourth-order valence-corrected chi connectivity index (χ4v) is 2.12. The fourth-order valence-electron chi connectivity index (χ4n) is 1.63. The molecule has 0 aliphatic heterocycles. The second kappa shape index (κ2) is 6.15. The first kappa shape index (κ1) is 16.0. The van der Waals surface area contributed by atoms with Crippen molar-refractivity contribution in [3.05, 3.63) is 33.6 Å². The summed E-state index contributed by atoms with van der Waals surface area (Å²) in [5, 5.41) is 4.50. The van der Waals surface area contributed by atoms with Crippen LogP contribution in [0.1, 0.15) is 26.7 Å². The summed E-state index contributed by atoms with van der Waals surface area (Å²) >= 11 is 9.29. The van der Waals surface area contributed by atoms with Gasteiger partial charge in [-0.15, -0.1) is 0 Å². The van der Waals surface area contributed by atoms with Gasteiger partial charge in [-0.3, -0.25) is 4.79 Å². The molecule has 21 heavy (non-hydrogen) atoms. The van der Waals surface area contributed by atoms with Crippen LogP contribution in [-0.2, 0) is 14.9 Å².